The Morgan fingerprint density at radius 1 is 1.07 bits per heavy atom. The Labute approximate surface area is 177 Å². The number of sulfonamides is 1. The molecule has 30 heavy (non-hydrogen) atoms. The minimum atomic E-state index is -3.66. The van der Waals surface area contributed by atoms with Crippen molar-refractivity contribution >= 4 is 27.5 Å². The van der Waals surface area contributed by atoms with Gasteiger partial charge in [-0.3, -0.25) is 4.79 Å². The Kier molecular flexibility index (Phi) is 4.65. The smallest absolute Gasteiger partial charge is 0.285 e. The number of anilines is 1. The molecule has 3 aliphatic heterocycles. The summed E-state index contributed by atoms with van der Waals surface area (Å²) < 4.78 is 29.0. The van der Waals surface area contributed by atoms with Gasteiger partial charge in [0, 0.05) is 30.9 Å². The molecule has 0 aliphatic carbocycles. The van der Waals surface area contributed by atoms with E-state index in [9.17, 15) is 13.2 Å². The molecular formula is C23H25N3O3S. The summed E-state index contributed by atoms with van der Waals surface area (Å²) in [5.41, 5.74) is 4.08. The van der Waals surface area contributed by atoms with Gasteiger partial charge in [-0.1, -0.05) is 30.3 Å². The first-order chi connectivity index (χ1) is 14.5. The van der Waals surface area contributed by atoms with Gasteiger partial charge >= 0.3 is 0 Å². The van der Waals surface area contributed by atoms with E-state index in [0.717, 1.165) is 43.5 Å². The molecular weight excluding hydrogens is 398 g/mol. The molecule has 1 amide bonds. The van der Waals surface area contributed by atoms with Crippen molar-refractivity contribution in [1.29, 1.82) is 0 Å². The Hall–Kier alpha value is -2.67. The second-order valence-corrected chi connectivity index (χ2v) is 9.92. The fourth-order valence-electron chi connectivity index (χ4n) is 4.98. The van der Waals surface area contributed by atoms with Crippen molar-refractivity contribution < 1.29 is 13.2 Å². The van der Waals surface area contributed by atoms with Gasteiger partial charge in [-0.25, -0.2) is 0 Å². The van der Waals surface area contributed by atoms with Gasteiger partial charge in [0.15, 0.2) is 5.84 Å². The second kappa shape index (κ2) is 7.23. The van der Waals surface area contributed by atoms with E-state index < -0.39 is 10.0 Å². The Morgan fingerprint density at radius 3 is 2.77 bits per heavy atom. The summed E-state index contributed by atoms with van der Waals surface area (Å²) in [7, 11) is -3.66. The number of likely N-dealkylation sites (tertiary alicyclic amines) is 1. The summed E-state index contributed by atoms with van der Waals surface area (Å²) in [6.07, 6.45) is 3.63. The fourth-order valence-corrected chi connectivity index (χ4v) is 6.20. The molecule has 5 rings (SSSR count). The van der Waals surface area contributed by atoms with Crippen LogP contribution in [0.5, 0.6) is 0 Å². The first kappa shape index (κ1) is 19.3. The van der Waals surface area contributed by atoms with Crippen molar-refractivity contribution in [3.63, 3.8) is 0 Å². The van der Waals surface area contributed by atoms with Crippen molar-refractivity contribution in [3.05, 3.63) is 59.2 Å². The van der Waals surface area contributed by atoms with E-state index >= 15 is 0 Å². The number of fused-ring (bicyclic) bond motifs is 2. The van der Waals surface area contributed by atoms with Gasteiger partial charge in [-0.15, -0.1) is 4.40 Å². The van der Waals surface area contributed by atoms with Gasteiger partial charge in [0.25, 0.3) is 10.0 Å². The number of hydrogen-bond acceptors (Lipinski definition) is 4. The van der Waals surface area contributed by atoms with Crippen molar-refractivity contribution in [3.8, 4) is 0 Å². The molecule has 1 saturated heterocycles. The lowest BCUT2D eigenvalue weighted by Crippen LogP contribution is -2.48. The van der Waals surface area contributed by atoms with Gasteiger partial charge in [-0.05, 0) is 55.9 Å². The molecule has 0 bridgehead atoms. The highest BCUT2D eigenvalue weighted by Gasteiger charge is 2.37. The minimum absolute atomic E-state index is 0.143. The molecule has 0 spiro atoms. The Morgan fingerprint density at radius 2 is 1.90 bits per heavy atom. The number of nitrogens with zero attached hydrogens (tertiary/aromatic N) is 3. The van der Waals surface area contributed by atoms with Gasteiger partial charge in [-0.2, -0.15) is 8.42 Å². The number of para-hydroxylation sites is 1. The maximum Gasteiger partial charge on any atom is 0.285 e. The lowest BCUT2D eigenvalue weighted by atomic mass is 9.92. The molecule has 156 valence electrons. The van der Waals surface area contributed by atoms with E-state index in [1.807, 2.05) is 15.9 Å². The third-order valence-corrected chi connectivity index (χ3v) is 7.69. The number of piperidine rings is 1. The minimum Gasteiger partial charge on any atom is -0.355 e. The van der Waals surface area contributed by atoms with Crippen molar-refractivity contribution in [2.75, 3.05) is 24.5 Å². The molecule has 0 N–H and O–H groups in total. The third kappa shape index (κ3) is 3.12. The van der Waals surface area contributed by atoms with Crippen LogP contribution in [0, 0.1) is 12.8 Å². The molecule has 0 unspecified atom stereocenters. The van der Waals surface area contributed by atoms with Crippen molar-refractivity contribution in [2.24, 2.45) is 10.3 Å². The molecule has 1 fully saturated rings. The van der Waals surface area contributed by atoms with E-state index in [2.05, 4.69) is 29.5 Å². The van der Waals surface area contributed by atoms with Gasteiger partial charge in [0.2, 0.25) is 5.91 Å². The van der Waals surface area contributed by atoms with Crippen LogP contribution in [0.25, 0.3) is 0 Å². The average Bonchev–Trinajstić information content (AvgIpc) is 3.04. The summed E-state index contributed by atoms with van der Waals surface area (Å²) in [5.74, 6) is 0.463. The first-order valence-corrected chi connectivity index (χ1v) is 12.0. The highest BCUT2D eigenvalue weighted by atomic mass is 32.2. The maximum absolute atomic E-state index is 13.5. The molecule has 6 nitrogen and oxygen atoms in total. The van der Waals surface area contributed by atoms with Crippen LogP contribution in [0.4, 0.5) is 5.69 Å². The van der Waals surface area contributed by atoms with Crippen molar-refractivity contribution in [2.45, 2.75) is 37.5 Å². The molecule has 0 aromatic heterocycles. The predicted octanol–water partition coefficient (Wildman–Crippen LogP) is 3.14. The van der Waals surface area contributed by atoms with E-state index in [0.29, 0.717) is 24.5 Å². The molecule has 7 heteroatoms. The standard InChI is InChI=1S/C23H25N3O3S/c1-16-7-4-8-17-9-6-14-26(21(16)17)23(27)18-10-5-13-25(15-18)22-19-11-2-3-12-20(19)30(28,29)24-22/h2-4,7-8,11-12,18H,5-6,9-10,13-15H2,1H3/t18-/m1/s1. The molecule has 3 heterocycles. The topological polar surface area (TPSA) is 70.1 Å². The molecule has 1 atom stereocenters. The number of benzene rings is 2. The summed E-state index contributed by atoms with van der Waals surface area (Å²) in [6, 6.07) is 13.2. The van der Waals surface area contributed by atoms with Crippen LogP contribution in [-0.4, -0.2) is 44.7 Å². The number of amidine groups is 1. The van der Waals surface area contributed by atoms with Gasteiger partial charge < -0.3 is 9.80 Å². The molecule has 0 saturated carbocycles. The molecule has 3 aliphatic rings. The lowest BCUT2D eigenvalue weighted by molar-refractivity contribution is -0.123. The Balaban J connectivity index is 1.42. The normalized spacial score (nSPS) is 22.3. The van der Waals surface area contributed by atoms with E-state index in [-0.39, 0.29) is 16.7 Å². The van der Waals surface area contributed by atoms with Crippen LogP contribution < -0.4 is 4.90 Å². The number of hydrogen-bond donors (Lipinski definition) is 0. The van der Waals surface area contributed by atoms with Gasteiger partial charge in [0.05, 0.1) is 5.92 Å². The zero-order valence-corrected chi connectivity index (χ0v) is 17.9. The van der Waals surface area contributed by atoms with Crippen LogP contribution in [-0.2, 0) is 21.2 Å². The van der Waals surface area contributed by atoms with Crippen LogP contribution in [0.2, 0.25) is 0 Å². The SMILES string of the molecule is Cc1cccc2c1N(C(=O)[C@@H]1CCCN(C3=NS(=O)(=O)c4ccccc43)C1)CCC2. The quantitative estimate of drug-likeness (QED) is 0.707. The molecule has 2 aromatic rings. The number of rotatable bonds is 1. The largest absolute Gasteiger partial charge is 0.355 e. The van der Waals surface area contributed by atoms with E-state index in [1.54, 1.807) is 18.2 Å². The van der Waals surface area contributed by atoms with Crippen LogP contribution in [0.1, 0.15) is 36.0 Å². The summed E-state index contributed by atoms with van der Waals surface area (Å²) in [6.45, 7) is 4.01. The van der Waals surface area contributed by atoms with E-state index in [1.165, 1.54) is 5.56 Å². The second-order valence-electron chi connectivity index (χ2n) is 8.35. The lowest BCUT2D eigenvalue weighted by Gasteiger charge is -2.38. The number of carbonyl (C=O) groups excluding carboxylic acids is 1. The number of amides is 1. The van der Waals surface area contributed by atoms with Crippen LogP contribution >= 0.6 is 0 Å². The highest BCUT2D eigenvalue weighted by Crippen LogP contribution is 2.34. The summed E-state index contributed by atoms with van der Waals surface area (Å²) in [5, 5.41) is 0. The predicted molar refractivity (Wildman–Crippen MR) is 116 cm³/mol. The average molecular weight is 424 g/mol. The van der Waals surface area contributed by atoms with Crippen LogP contribution in [0.15, 0.2) is 51.8 Å². The van der Waals surface area contributed by atoms with Gasteiger partial charge in [0.1, 0.15) is 4.90 Å². The third-order valence-electron chi connectivity index (χ3n) is 6.37. The molecule has 2 aromatic carbocycles. The van der Waals surface area contributed by atoms with Crippen LogP contribution in [0.3, 0.4) is 0 Å². The molecule has 0 radical (unpaired) electrons. The van der Waals surface area contributed by atoms with Crippen molar-refractivity contribution in [1.82, 2.24) is 4.90 Å². The van der Waals surface area contributed by atoms with E-state index in [4.69, 9.17) is 0 Å². The zero-order chi connectivity index (χ0) is 20.9. The summed E-state index contributed by atoms with van der Waals surface area (Å²) >= 11 is 0. The number of carbonyl (C=O) groups is 1. The zero-order valence-electron chi connectivity index (χ0n) is 17.0. The summed E-state index contributed by atoms with van der Waals surface area (Å²) in [4.78, 5) is 17.7. The maximum atomic E-state index is 13.5. The monoisotopic (exact) mass is 423 g/mol. The fraction of sp³-hybridized carbons (Fsp3) is 0.391. The Bertz CT molecular complexity index is 1160. The highest BCUT2D eigenvalue weighted by molar-refractivity contribution is 7.90. The number of aryl methyl sites for hydroxylation is 2. The first-order valence-electron chi connectivity index (χ1n) is 10.5.